The van der Waals surface area contributed by atoms with Crippen LogP contribution in [0.15, 0.2) is 53.1 Å². The van der Waals surface area contributed by atoms with E-state index in [1.807, 2.05) is 6.07 Å². The Balaban J connectivity index is 1.24. The van der Waals surface area contributed by atoms with Crippen LogP contribution < -0.4 is 4.90 Å². The Morgan fingerprint density at radius 2 is 1.82 bits per heavy atom. The molecular weight excluding hydrogens is 355 g/mol. The first kappa shape index (κ1) is 18.6. The number of halogens is 1. The maximum atomic E-state index is 13.7. The molecule has 4 rings (SSSR count). The number of para-hydroxylation sites is 1. The summed E-state index contributed by atoms with van der Waals surface area (Å²) in [6.07, 6.45) is 1.70. The highest BCUT2D eigenvalue weighted by Crippen LogP contribution is 2.20. The van der Waals surface area contributed by atoms with Gasteiger partial charge in [-0.05, 0) is 43.7 Å². The van der Waals surface area contributed by atoms with Crippen molar-refractivity contribution in [3.8, 4) is 11.4 Å². The molecule has 0 aliphatic carbocycles. The highest BCUT2D eigenvalue weighted by molar-refractivity contribution is 5.54. The summed E-state index contributed by atoms with van der Waals surface area (Å²) < 4.78 is 19.1. The molecule has 2 aromatic carbocycles. The summed E-state index contributed by atoms with van der Waals surface area (Å²) in [5.41, 5.74) is 2.56. The van der Waals surface area contributed by atoms with Crippen LogP contribution in [0, 0.1) is 12.7 Å². The Morgan fingerprint density at radius 3 is 2.57 bits per heavy atom. The molecule has 0 atom stereocenters. The monoisotopic (exact) mass is 380 g/mol. The zero-order valence-electron chi connectivity index (χ0n) is 16.1. The van der Waals surface area contributed by atoms with Gasteiger partial charge in [0.2, 0.25) is 11.7 Å². The highest BCUT2D eigenvalue weighted by Gasteiger charge is 2.17. The second-order valence-electron chi connectivity index (χ2n) is 7.24. The molecule has 2 heterocycles. The van der Waals surface area contributed by atoms with Crippen LogP contribution in [0.1, 0.15) is 17.9 Å². The van der Waals surface area contributed by atoms with Crippen LogP contribution in [0.25, 0.3) is 11.4 Å². The van der Waals surface area contributed by atoms with Crippen molar-refractivity contribution in [1.29, 1.82) is 0 Å². The summed E-state index contributed by atoms with van der Waals surface area (Å²) in [6, 6.07) is 15.6. The van der Waals surface area contributed by atoms with E-state index >= 15 is 0 Å². The van der Waals surface area contributed by atoms with Crippen LogP contribution >= 0.6 is 0 Å². The van der Waals surface area contributed by atoms with Gasteiger partial charge in [-0.1, -0.05) is 35.5 Å². The molecule has 0 N–H and O–H groups in total. The Kier molecular flexibility index (Phi) is 5.67. The number of aryl methyl sites for hydroxylation is 2. The maximum absolute atomic E-state index is 13.7. The fraction of sp³-hybridized carbons (Fsp3) is 0.364. The van der Waals surface area contributed by atoms with E-state index in [0.29, 0.717) is 22.8 Å². The SMILES string of the molecule is Cc1ccc(-c2noc(CCCN3CCN(c4ccccc4)CC3)n2)cc1F. The topological polar surface area (TPSA) is 45.4 Å². The number of benzene rings is 2. The van der Waals surface area contributed by atoms with Gasteiger partial charge in [0.15, 0.2) is 0 Å². The van der Waals surface area contributed by atoms with Crippen molar-refractivity contribution in [1.82, 2.24) is 15.0 Å². The van der Waals surface area contributed by atoms with Crippen LogP contribution in [0.2, 0.25) is 0 Å². The lowest BCUT2D eigenvalue weighted by atomic mass is 10.1. The quantitative estimate of drug-likeness (QED) is 0.648. The van der Waals surface area contributed by atoms with E-state index in [0.717, 1.165) is 45.6 Å². The lowest BCUT2D eigenvalue weighted by molar-refractivity contribution is 0.251. The Hall–Kier alpha value is -2.73. The molecule has 1 saturated heterocycles. The average molecular weight is 380 g/mol. The summed E-state index contributed by atoms with van der Waals surface area (Å²) in [7, 11) is 0. The Bertz CT molecular complexity index is 904. The molecule has 6 heteroatoms. The van der Waals surface area contributed by atoms with E-state index < -0.39 is 0 Å². The molecule has 1 aliphatic heterocycles. The van der Waals surface area contributed by atoms with E-state index in [4.69, 9.17) is 4.52 Å². The molecule has 5 nitrogen and oxygen atoms in total. The fourth-order valence-corrected chi connectivity index (χ4v) is 3.53. The van der Waals surface area contributed by atoms with Crippen LogP contribution in [-0.2, 0) is 6.42 Å². The van der Waals surface area contributed by atoms with Crippen LogP contribution in [0.5, 0.6) is 0 Å². The van der Waals surface area contributed by atoms with Crippen molar-refractivity contribution in [2.75, 3.05) is 37.6 Å². The van der Waals surface area contributed by atoms with Crippen molar-refractivity contribution in [2.24, 2.45) is 0 Å². The first-order chi connectivity index (χ1) is 13.7. The van der Waals surface area contributed by atoms with E-state index in [9.17, 15) is 4.39 Å². The summed E-state index contributed by atoms with van der Waals surface area (Å²) in [6.45, 7) is 6.97. The number of hydrogen-bond donors (Lipinski definition) is 0. The molecule has 0 spiro atoms. The highest BCUT2D eigenvalue weighted by atomic mass is 19.1. The normalized spacial score (nSPS) is 15.1. The van der Waals surface area contributed by atoms with Crippen molar-refractivity contribution >= 4 is 5.69 Å². The molecule has 0 amide bonds. The van der Waals surface area contributed by atoms with Crippen molar-refractivity contribution in [3.05, 3.63) is 65.8 Å². The van der Waals surface area contributed by atoms with E-state index in [2.05, 4.69) is 50.3 Å². The molecule has 0 unspecified atom stereocenters. The molecular formula is C22H25FN4O. The van der Waals surface area contributed by atoms with Gasteiger partial charge in [-0.2, -0.15) is 4.98 Å². The lowest BCUT2D eigenvalue weighted by Gasteiger charge is -2.36. The minimum Gasteiger partial charge on any atom is -0.369 e. The Morgan fingerprint density at radius 1 is 1.04 bits per heavy atom. The van der Waals surface area contributed by atoms with Gasteiger partial charge < -0.3 is 9.42 Å². The maximum Gasteiger partial charge on any atom is 0.227 e. The van der Waals surface area contributed by atoms with Gasteiger partial charge in [0.25, 0.3) is 0 Å². The number of nitrogens with zero attached hydrogens (tertiary/aromatic N) is 4. The molecule has 28 heavy (non-hydrogen) atoms. The molecule has 1 aromatic heterocycles. The molecule has 1 aliphatic rings. The molecule has 1 fully saturated rings. The third-order valence-corrected chi connectivity index (χ3v) is 5.26. The third-order valence-electron chi connectivity index (χ3n) is 5.26. The van der Waals surface area contributed by atoms with Gasteiger partial charge in [-0.25, -0.2) is 4.39 Å². The third kappa shape index (κ3) is 4.39. The van der Waals surface area contributed by atoms with E-state index in [1.54, 1.807) is 13.0 Å². The molecule has 0 radical (unpaired) electrons. The lowest BCUT2D eigenvalue weighted by Crippen LogP contribution is -2.46. The molecule has 0 saturated carbocycles. The predicted molar refractivity (Wildman–Crippen MR) is 108 cm³/mol. The van der Waals surface area contributed by atoms with Gasteiger partial charge >= 0.3 is 0 Å². The van der Waals surface area contributed by atoms with Gasteiger partial charge in [-0.15, -0.1) is 0 Å². The minimum absolute atomic E-state index is 0.251. The first-order valence-corrected chi connectivity index (χ1v) is 9.80. The van der Waals surface area contributed by atoms with Crippen LogP contribution in [-0.4, -0.2) is 47.8 Å². The average Bonchev–Trinajstić information content (AvgIpc) is 3.20. The molecule has 0 bridgehead atoms. The van der Waals surface area contributed by atoms with Crippen molar-refractivity contribution in [3.63, 3.8) is 0 Å². The predicted octanol–water partition coefficient (Wildman–Crippen LogP) is 3.94. The second-order valence-corrected chi connectivity index (χ2v) is 7.24. The summed E-state index contributed by atoms with van der Waals surface area (Å²) in [5, 5.41) is 3.99. The minimum atomic E-state index is -0.251. The number of hydrogen-bond acceptors (Lipinski definition) is 5. The number of rotatable bonds is 6. The number of piperazine rings is 1. The van der Waals surface area contributed by atoms with Gasteiger partial charge in [0, 0.05) is 43.9 Å². The molecule has 146 valence electrons. The van der Waals surface area contributed by atoms with Gasteiger partial charge in [-0.3, -0.25) is 4.90 Å². The van der Waals surface area contributed by atoms with Crippen molar-refractivity contribution < 1.29 is 8.91 Å². The number of aromatic nitrogens is 2. The van der Waals surface area contributed by atoms with Crippen molar-refractivity contribution in [2.45, 2.75) is 19.8 Å². The number of anilines is 1. The smallest absolute Gasteiger partial charge is 0.227 e. The largest absolute Gasteiger partial charge is 0.369 e. The fourth-order valence-electron chi connectivity index (χ4n) is 3.53. The zero-order valence-corrected chi connectivity index (χ0v) is 16.1. The van der Waals surface area contributed by atoms with E-state index in [1.165, 1.54) is 11.8 Å². The summed E-state index contributed by atoms with van der Waals surface area (Å²) in [4.78, 5) is 9.32. The Labute approximate surface area is 164 Å². The summed E-state index contributed by atoms with van der Waals surface area (Å²) >= 11 is 0. The zero-order chi connectivity index (χ0) is 19.3. The second kappa shape index (κ2) is 8.52. The van der Waals surface area contributed by atoms with E-state index in [-0.39, 0.29) is 5.82 Å². The van der Waals surface area contributed by atoms with Crippen LogP contribution in [0.3, 0.4) is 0 Å². The molecule has 3 aromatic rings. The van der Waals surface area contributed by atoms with Crippen LogP contribution in [0.4, 0.5) is 10.1 Å². The van der Waals surface area contributed by atoms with Gasteiger partial charge in [0.1, 0.15) is 5.82 Å². The first-order valence-electron chi connectivity index (χ1n) is 9.80. The standard InChI is InChI=1S/C22H25FN4O/c1-17-9-10-18(16-20(17)23)22-24-21(28-25-22)8-5-11-26-12-14-27(15-13-26)19-6-3-2-4-7-19/h2-4,6-7,9-10,16H,5,8,11-15H2,1H3. The summed E-state index contributed by atoms with van der Waals surface area (Å²) in [5.74, 6) is 0.808. The van der Waals surface area contributed by atoms with Gasteiger partial charge in [0.05, 0.1) is 0 Å².